The predicted octanol–water partition coefficient (Wildman–Crippen LogP) is 3.95. The number of nitrogens with one attached hydrogen (secondary N) is 1. The Bertz CT molecular complexity index is 653. The first kappa shape index (κ1) is 10.6. The summed E-state index contributed by atoms with van der Waals surface area (Å²) < 4.78 is 4.87. The van der Waals surface area contributed by atoms with Crippen molar-refractivity contribution in [1.29, 1.82) is 0 Å². The molecule has 1 aliphatic heterocycles. The second-order valence-corrected chi connectivity index (χ2v) is 3.93. The van der Waals surface area contributed by atoms with Crippen molar-refractivity contribution in [1.82, 2.24) is 10.1 Å². The number of hydrogen-bond donors (Lipinski definition) is 1. The number of aromatic nitrogens is 2. The van der Waals surface area contributed by atoms with Gasteiger partial charge in [0.15, 0.2) is 5.58 Å². The van der Waals surface area contributed by atoms with Gasteiger partial charge < -0.3 is 9.51 Å². The van der Waals surface area contributed by atoms with E-state index in [9.17, 15) is 0 Å². The molecule has 2 heterocycles. The van der Waals surface area contributed by atoms with Crippen LogP contribution in [0.2, 0.25) is 0 Å². The van der Waals surface area contributed by atoms with Gasteiger partial charge in [0.25, 0.3) is 0 Å². The van der Waals surface area contributed by atoms with E-state index in [0.717, 1.165) is 11.0 Å². The average Bonchev–Trinajstić information content (AvgIpc) is 3.08. The minimum absolute atomic E-state index is 0.845. The Labute approximate surface area is 104 Å². The Hall–Kier alpha value is -2.55. The molecule has 3 nitrogen and oxygen atoms in total. The number of aromatic amines is 1. The fourth-order valence-electron chi connectivity index (χ4n) is 1.81. The van der Waals surface area contributed by atoms with Crippen LogP contribution in [-0.4, -0.2) is 10.1 Å². The van der Waals surface area contributed by atoms with E-state index in [-0.39, 0.29) is 0 Å². The third-order valence-corrected chi connectivity index (χ3v) is 2.72. The molecule has 0 saturated heterocycles. The monoisotopic (exact) mass is 236 g/mol. The van der Waals surface area contributed by atoms with E-state index in [1.807, 2.05) is 42.6 Å². The van der Waals surface area contributed by atoms with Gasteiger partial charge in [0.2, 0.25) is 0 Å². The molecular weight excluding hydrogens is 224 g/mol. The molecule has 4 rings (SSSR count). The number of pyridine rings is 1. The van der Waals surface area contributed by atoms with Crippen LogP contribution in [0.1, 0.15) is 0 Å². The highest BCUT2D eigenvalue weighted by Crippen LogP contribution is 2.17. The first-order valence-corrected chi connectivity index (χ1v) is 5.75. The van der Waals surface area contributed by atoms with Crippen molar-refractivity contribution in [2.24, 2.45) is 0 Å². The van der Waals surface area contributed by atoms with Gasteiger partial charge in [-0.1, -0.05) is 35.5 Å². The normalized spacial score (nSPS) is 10.2. The second-order valence-electron chi connectivity index (χ2n) is 3.93. The summed E-state index contributed by atoms with van der Waals surface area (Å²) >= 11 is 0. The molecule has 0 atom stereocenters. The van der Waals surface area contributed by atoms with E-state index in [1.165, 1.54) is 11.3 Å². The molecular formula is C15H12N2O. The number of rotatable bonds is 0. The summed E-state index contributed by atoms with van der Waals surface area (Å²) in [6.45, 7) is 0. The summed E-state index contributed by atoms with van der Waals surface area (Å²) in [6.07, 6.45) is 3.64. The van der Waals surface area contributed by atoms with Gasteiger partial charge in [0.1, 0.15) is 0 Å². The van der Waals surface area contributed by atoms with Crippen LogP contribution >= 0.6 is 0 Å². The molecule has 1 aliphatic carbocycles. The molecule has 1 aromatic heterocycles. The van der Waals surface area contributed by atoms with Gasteiger partial charge >= 0.3 is 0 Å². The molecule has 0 unspecified atom stereocenters. The summed E-state index contributed by atoms with van der Waals surface area (Å²) in [7, 11) is 0. The maximum atomic E-state index is 4.87. The summed E-state index contributed by atoms with van der Waals surface area (Å²) in [5, 5.41) is 4.68. The lowest BCUT2D eigenvalue weighted by atomic mass is 10.2. The molecule has 3 heteroatoms. The van der Waals surface area contributed by atoms with Crippen molar-refractivity contribution in [2.45, 2.75) is 0 Å². The minimum atomic E-state index is 0.845. The van der Waals surface area contributed by atoms with E-state index < -0.39 is 0 Å². The molecule has 2 aromatic rings. The quantitative estimate of drug-likeness (QED) is 0.502. The summed E-state index contributed by atoms with van der Waals surface area (Å²) in [5.74, 6) is 0. The first-order chi connectivity index (χ1) is 8.93. The highest BCUT2D eigenvalue weighted by Gasteiger charge is 1.95. The van der Waals surface area contributed by atoms with Gasteiger partial charge in [0.05, 0.1) is 6.20 Å². The molecule has 0 bridgehead atoms. The van der Waals surface area contributed by atoms with E-state index in [2.05, 4.69) is 28.3 Å². The molecule has 18 heavy (non-hydrogen) atoms. The van der Waals surface area contributed by atoms with E-state index in [0.29, 0.717) is 0 Å². The van der Waals surface area contributed by atoms with Crippen LogP contribution in [0.4, 0.5) is 0 Å². The lowest BCUT2D eigenvalue weighted by Gasteiger charge is -1.93. The molecule has 88 valence electrons. The standard InChI is InChI=1S/C8H7N.C7H5NO/c1-3-7-4-2-6-9-8(7)5-1;1-2-4-7-6(3-1)5-8-9-7/h1-6,9H;1-5H. The zero-order valence-electron chi connectivity index (χ0n) is 9.71. The van der Waals surface area contributed by atoms with Crippen molar-refractivity contribution in [3.8, 4) is 11.3 Å². The van der Waals surface area contributed by atoms with Gasteiger partial charge in [-0.3, -0.25) is 0 Å². The summed E-state index contributed by atoms with van der Waals surface area (Å²) in [4.78, 5) is 3.13. The van der Waals surface area contributed by atoms with Crippen molar-refractivity contribution in [3.05, 3.63) is 67.0 Å². The van der Waals surface area contributed by atoms with Crippen molar-refractivity contribution < 1.29 is 4.52 Å². The molecule has 1 N–H and O–H groups in total. The van der Waals surface area contributed by atoms with Gasteiger partial charge in [-0.2, -0.15) is 0 Å². The maximum Gasteiger partial charge on any atom is 0.166 e. The SMILES string of the molecule is c1c[nH]c2cccc-2c1.c1ccc2oncc2c1. The number of para-hydroxylation sites is 1. The first-order valence-electron chi connectivity index (χ1n) is 5.75. The number of benzene rings is 1. The third kappa shape index (κ3) is 2.11. The Morgan fingerprint density at radius 1 is 0.889 bits per heavy atom. The maximum absolute atomic E-state index is 4.87. The minimum Gasteiger partial charge on any atom is -0.361 e. The Balaban J connectivity index is 0.000000111. The molecule has 0 spiro atoms. The van der Waals surface area contributed by atoms with Crippen LogP contribution in [0, 0.1) is 0 Å². The Kier molecular flexibility index (Phi) is 2.80. The second kappa shape index (κ2) is 4.75. The van der Waals surface area contributed by atoms with Gasteiger partial charge in [-0.15, -0.1) is 0 Å². The molecule has 0 fully saturated rings. The highest BCUT2D eigenvalue weighted by atomic mass is 16.5. The highest BCUT2D eigenvalue weighted by molar-refractivity contribution is 5.75. The summed E-state index contributed by atoms with van der Waals surface area (Å²) in [5.41, 5.74) is 3.33. The number of H-pyrrole nitrogens is 1. The van der Waals surface area contributed by atoms with Gasteiger partial charge in [-0.25, -0.2) is 0 Å². The van der Waals surface area contributed by atoms with Crippen LogP contribution in [-0.2, 0) is 0 Å². The largest absolute Gasteiger partial charge is 0.361 e. The van der Waals surface area contributed by atoms with Crippen molar-refractivity contribution >= 4 is 11.0 Å². The van der Waals surface area contributed by atoms with Crippen LogP contribution in [0.3, 0.4) is 0 Å². The number of fused-ring (bicyclic) bond motifs is 2. The zero-order chi connectivity index (χ0) is 12.2. The molecule has 0 amide bonds. The van der Waals surface area contributed by atoms with E-state index in [4.69, 9.17) is 4.52 Å². The van der Waals surface area contributed by atoms with E-state index >= 15 is 0 Å². The average molecular weight is 236 g/mol. The van der Waals surface area contributed by atoms with Gasteiger partial charge in [0, 0.05) is 17.3 Å². The predicted molar refractivity (Wildman–Crippen MR) is 71.4 cm³/mol. The lowest BCUT2D eigenvalue weighted by molar-refractivity contribution is 0.456. The zero-order valence-corrected chi connectivity index (χ0v) is 9.71. The smallest absolute Gasteiger partial charge is 0.166 e. The number of hydrogen-bond acceptors (Lipinski definition) is 2. The molecule has 0 saturated carbocycles. The Morgan fingerprint density at radius 2 is 1.78 bits per heavy atom. The Morgan fingerprint density at radius 3 is 2.67 bits per heavy atom. The van der Waals surface area contributed by atoms with Crippen LogP contribution in [0.5, 0.6) is 0 Å². The van der Waals surface area contributed by atoms with Crippen LogP contribution in [0.25, 0.3) is 22.2 Å². The topological polar surface area (TPSA) is 41.8 Å². The van der Waals surface area contributed by atoms with E-state index in [1.54, 1.807) is 6.20 Å². The van der Waals surface area contributed by atoms with Crippen molar-refractivity contribution in [2.75, 3.05) is 0 Å². The molecule has 2 aliphatic rings. The fraction of sp³-hybridized carbons (Fsp3) is 0. The van der Waals surface area contributed by atoms with Crippen molar-refractivity contribution in [3.63, 3.8) is 0 Å². The van der Waals surface area contributed by atoms with Crippen LogP contribution < -0.4 is 0 Å². The fourth-order valence-corrected chi connectivity index (χ4v) is 1.81. The number of nitrogens with zero attached hydrogens (tertiary/aromatic N) is 1. The lowest BCUT2D eigenvalue weighted by Crippen LogP contribution is -1.74. The molecule has 1 aromatic carbocycles. The summed E-state index contributed by atoms with van der Waals surface area (Å²) in [6, 6.07) is 18.0. The van der Waals surface area contributed by atoms with Crippen LogP contribution in [0.15, 0.2) is 71.5 Å². The molecule has 0 radical (unpaired) electrons. The van der Waals surface area contributed by atoms with Gasteiger partial charge in [-0.05, 0) is 29.8 Å². The third-order valence-electron chi connectivity index (χ3n) is 2.72.